The van der Waals surface area contributed by atoms with Crippen molar-refractivity contribution in [3.8, 4) is 11.4 Å². The van der Waals surface area contributed by atoms with Crippen LogP contribution in [0.15, 0.2) is 48.3 Å². The Morgan fingerprint density at radius 1 is 1.20 bits per heavy atom. The lowest BCUT2D eigenvalue weighted by Gasteiger charge is -2.32. The molecule has 1 aliphatic rings. The molecule has 1 aliphatic carbocycles. The third kappa shape index (κ3) is 5.58. The summed E-state index contributed by atoms with van der Waals surface area (Å²) in [5.41, 5.74) is 1.59. The van der Waals surface area contributed by atoms with Crippen LogP contribution in [0, 0.1) is 0 Å². The molecular weight excluding hydrogens is 425 g/mol. The first kappa shape index (κ1) is 22.2. The summed E-state index contributed by atoms with van der Waals surface area (Å²) < 4.78 is 5.66. The second-order valence-electron chi connectivity index (χ2n) is 8.05. The predicted octanol–water partition coefficient (Wildman–Crippen LogP) is 4.92. The third-order valence-electron chi connectivity index (χ3n) is 4.37. The number of rotatable bonds is 6. The normalized spacial score (nSPS) is 15.1. The molecule has 1 aromatic carbocycles. The van der Waals surface area contributed by atoms with E-state index in [-0.39, 0.29) is 11.9 Å². The second-order valence-corrected chi connectivity index (χ2v) is 8.74. The van der Waals surface area contributed by atoms with E-state index in [2.05, 4.69) is 9.97 Å². The molecule has 1 atom stereocenters. The highest BCUT2D eigenvalue weighted by Gasteiger charge is 2.42. The molecule has 8 heteroatoms. The highest BCUT2D eigenvalue weighted by Crippen LogP contribution is 2.38. The number of carbonyl (C=O) groups excluding carboxylic acids is 2. The highest BCUT2D eigenvalue weighted by molar-refractivity contribution is 6.31. The lowest BCUT2D eigenvalue weighted by atomic mass is 10.0. The van der Waals surface area contributed by atoms with Crippen LogP contribution in [0.2, 0.25) is 5.02 Å². The molecule has 1 fully saturated rings. The molecular formula is C22H23Cl2N3O3. The number of ether oxygens (including phenoxy) is 1. The van der Waals surface area contributed by atoms with Crippen LogP contribution in [0.25, 0.3) is 11.4 Å². The summed E-state index contributed by atoms with van der Waals surface area (Å²) in [4.78, 5) is 36.1. The van der Waals surface area contributed by atoms with Gasteiger partial charge in [0.2, 0.25) is 5.91 Å². The minimum atomic E-state index is -0.974. The zero-order valence-electron chi connectivity index (χ0n) is 17.0. The Kier molecular flexibility index (Phi) is 6.78. The smallest absolute Gasteiger partial charge is 0.334 e. The van der Waals surface area contributed by atoms with E-state index in [0.29, 0.717) is 22.0 Å². The largest absolute Gasteiger partial charge is 0.458 e. The number of aromatic nitrogens is 2. The van der Waals surface area contributed by atoms with Crippen LogP contribution in [-0.2, 0) is 14.3 Å². The highest BCUT2D eigenvalue weighted by atomic mass is 35.5. The molecule has 1 heterocycles. The van der Waals surface area contributed by atoms with Gasteiger partial charge >= 0.3 is 5.97 Å². The number of carbonyl (C=O) groups is 2. The molecule has 0 N–H and O–H groups in total. The molecule has 2 aromatic rings. The average molecular weight is 448 g/mol. The molecule has 1 amide bonds. The van der Waals surface area contributed by atoms with Gasteiger partial charge in [-0.05, 0) is 63.4 Å². The van der Waals surface area contributed by atoms with E-state index in [4.69, 9.17) is 27.9 Å². The molecule has 0 radical (unpaired) electrons. The topological polar surface area (TPSA) is 72.4 Å². The molecule has 0 saturated heterocycles. The van der Waals surface area contributed by atoms with Crippen molar-refractivity contribution >= 4 is 35.1 Å². The third-order valence-corrected chi connectivity index (χ3v) is 4.71. The van der Waals surface area contributed by atoms with Crippen molar-refractivity contribution in [2.45, 2.75) is 51.3 Å². The van der Waals surface area contributed by atoms with E-state index in [0.717, 1.165) is 18.4 Å². The van der Waals surface area contributed by atoms with E-state index < -0.39 is 17.6 Å². The summed E-state index contributed by atoms with van der Waals surface area (Å²) in [6.45, 7) is 5.35. The van der Waals surface area contributed by atoms with Gasteiger partial charge in [0, 0.05) is 40.6 Å². The van der Waals surface area contributed by atoms with Gasteiger partial charge < -0.3 is 9.64 Å². The SMILES string of the molecule is CC(C)(C)OC(=O)C(c1cc(Cl)cc(-c2ncccn2)c1)N(C(=O)/C=C\Cl)C1CC1. The van der Waals surface area contributed by atoms with Crippen LogP contribution in [-0.4, -0.2) is 38.4 Å². The Morgan fingerprint density at radius 3 is 2.43 bits per heavy atom. The summed E-state index contributed by atoms with van der Waals surface area (Å²) in [7, 11) is 0. The van der Waals surface area contributed by atoms with Crippen LogP contribution >= 0.6 is 23.2 Å². The first-order valence-electron chi connectivity index (χ1n) is 9.59. The maximum atomic E-state index is 13.3. The number of benzene rings is 1. The van der Waals surface area contributed by atoms with E-state index in [9.17, 15) is 9.59 Å². The van der Waals surface area contributed by atoms with Gasteiger partial charge in [-0.2, -0.15) is 0 Å². The summed E-state index contributed by atoms with van der Waals surface area (Å²) >= 11 is 12.0. The van der Waals surface area contributed by atoms with Crippen molar-refractivity contribution in [2.24, 2.45) is 0 Å². The Labute approximate surface area is 185 Å². The number of amides is 1. The molecule has 6 nitrogen and oxygen atoms in total. The molecule has 1 aromatic heterocycles. The lowest BCUT2D eigenvalue weighted by Crippen LogP contribution is -2.42. The van der Waals surface area contributed by atoms with Crippen LogP contribution in [0.1, 0.15) is 45.2 Å². The molecule has 1 saturated carbocycles. The summed E-state index contributed by atoms with van der Waals surface area (Å²) in [6, 6.07) is 5.81. The first-order valence-corrected chi connectivity index (χ1v) is 10.4. The fourth-order valence-electron chi connectivity index (χ4n) is 3.13. The minimum Gasteiger partial charge on any atom is -0.458 e. The van der Waals surface area contributed by atoms with Gasteiger partial charge in [0.25, 0.3) is 0 Å². The maximum Gasteiger partial charge on any atom is 0.334 e. The quantitative estimate of drug-likeness (QED) is 0.463. The fourth-order valence-corrected chi connectivity index (χ4v) is 3.48. The Bertz CT molecular complexity index is 954. The van der Waals surface area contributed by atoms with Crippen molar-refractivity contribution in [3.05, 3.63) is 58.9 Å². The van der Waals surface area contributed by atoms with E-state index in [1.165, 1.54) is 11.0 Å². The monoisotopic (exact) mass is 447 g/mol. The van der Waals surface area contributed by atoms with Crippen molar-refractivity contribution in [3.63, 3.8) is 0 Å². The summed E-state index contributed by atoms with van der Waals surface area (Å²) in [6.07, 6.45) is 6.09. The van der Waals surface area contributed by atoms with Crippen LogP contribution in [0.3, 0.4) is 0 Å². The van der Waals surface area contributed by atoms with Gasteiger partial charge in [0.15, 0.2) is 11.9 Å². The fraction of sp³-hybridized carbons (Fsp3) is 0.364. The number of nitrogens with zero attached hydrogens (tertiary/aromatic N) is 3. The molecule has 3 rings (SSSR count). The second kappa shape index (κ2) is 9.14. The predicted molar refractivity (Wildman–Crippen MR) is 116 cm³/mol. The Balaban J connectivity index is 2.11. The van der Waals surface area contributed by atoms with Gasteiger partial charge in [0.05, 0.1) is 0 Å². The number of hydrogen-bond donors (Lipinski definition) is 0. The van der Waals surface area contributed by atoms with Crippen molar-refractivity contribution in [1.82, 2.24) is 14.9 Å². The molecule has 0 aliphatic heterocycles. The van der Waals surface area contributed by atoms with Gasteiger partial charge in [-0.15, -0.1) is 0 Å². The van der Waals surface area contributed by atoms with Crippen molar-refractivity contribution in [1.29, 1.82) is 0 Å². The van der Waals surface area contributed by atoms with Crippen LogP contribution < -0.4 is 0 Å². The zero-order chi connectivity index (χ0) is 21.9. The first-order chi connectivity index (χ1) is 14.2. The van der Waals surface area contributed by atoms with E-state index >= 15 is 0 Å². The lowest BCUT2D eigenvalue weighted by molar-refractivity contribution is -0.164. The minimum absolute atomic E-state index is 0.0710. The molecule has 0 spiro atoms. The molecule has 0 bridgehead atoms. The molecule has 1 unspecified atom stereocenters. The van der Waals surface area contributed by atoms with Crippen molar-refractivity contribution in [2.75, 3.05) is 0 Å². The van der Waals surface area contributed by atoms with Crippen LogP contribution in [0.5, 0.6) is 0 Å². The zero-order valence-corrected chi connectivity index (χ0v) is 18.5. The standard InChI is InChI=1S/C22H23Cl2N3O3/c1-22(2,3)30-21(29)19(27(17-5-6-17)18(28)7-8-23)14-11-15(13-16(24)12-14)20-25-9-4-10-26-20/h4,7-13,17,19H,5-6H2,1-3H3/b8-7-. The number of esters is 1. The number of hydrogen-bond acceptors (Lipinski definition) is 5. The van der Waals surface area contributed by atoms with Gasteiger partial charge in [-0.1, -0.05) is 23.2 Å². The molecule has 158 valence electrons. The Morgan fingerprint density at radius 2 is 1.87 bits per heavy atom. The average Bonchev–Trinajstić information content (AvgIpc) is 3.49. The molecule has 30 heavy (non-hydrogen) atoms. The Hall–Kier alpha value is -2.44. The van der Waals surface area contributed by atoms with Gasteiger partial charge in [-0.25, -0.2) is 14.8 Å². The van der Waals surface area contributed by atoms with Crippen molar-refractivity contribution < 1.29 is 14.3 Å². The summed E-state index contributed by atoms with van der Waals surface area (Å²) in [5.74, 6) is -0.428. The number of halogens is 2. The van der Waals surface area contributed by atoms with Gasteiger partial charge in [0.1, 0.15) is 5.60 Å². The van der Waals surface area contributed by atoms with E-state index in [1.54, 1.807) is 57.4 Å². The van der Waals surface area contributed by atoms with E-state index in [1.807, 2.05) is 0 Å². The van der Waals surface area contributed by atoms with Gasteiger partial charge in [-0.3, -0.25) is 4.79 Å². The maximum absolute atomic E-state index is 13.3. The van der Waals surface area contributed by atoms with Crippen LogP contribution in [0.4, 0.5) is 0 Å². The summed E-state index contributed by atoms with van der Waals surface area (Å²) in [5, 5.41) is 0.402.